The molecular formula is C27H18F3N5O2. The number of hydrogen-bond acceptors (Lipinski definition) is 3. The standard InChI is InChI=1S/C27H18F3N5O2/c28-27(29,30)25(36)32-13-16-11-12-34(15-16)19-9-7-17(8-10-19)20-4-2-6-22-23(20)31-14-18-3-1-5-21-24(18)35(22)26(37)33-21/h1-12,14-15H,13H2,(H,32,36)(H,33,37). The third-order valence-corrected chi connectivity index (χ3v) is 6.27. The second kappa shape index (κ2) is 8.37. The Morgan fingerprint density at radius 2 is 1.78 bits per heavy atom. The van der Waals surface area contributed by atoms with Crippen molar-refractivity contribution >= 4 is 28.8 Å². The number of benzene rings is 3. The van der Waals surface area contributed by atoms with Crippen LogP contribution in [0.15, 0.2) is 88.9 Å². The minimum Gasteiger partial charge on any atom is -0.344 e. The van der Waals surface area contributed by atoms with Gasteiger partial charge in [-0.15, -0.1) is 0 Å². The van der Waals surface area contributed by atoms with E-state index in [0.29, 0.717) is 16.9 Å². The number of hydrogen-bond donors (Lipinski definition) is 2. The van der Waals surface area contributed by atoms with Gasteiger partial charge in [-0.25, -0.2) is 4.79 Å². The number of aliphatic imine (C=N–C) groups is 1. The fourth-order valence-corrected chi connectivity index (χ4v) is 4.53. The Hall–Kier alpha value is -4.86. The van der Waals surface area contributed by atoms with E-state index in [1.54, 1.807) is 33.8 Å². The monoisotopic (exact) mass is 501 g/mol. The van der Waals surface area contributed by atoms with Crippen molar-refractivity contribution in [1.82, 2.24) is 19.4 Å². The Labute approximate surface area is 207 Å². The van der Waals surface area contributed by atoms with Crippen molar-refractivity contribution in [1.29, 1.82) is 0 Å². The van der Waals surface area contributed by atoms with Crippen LogP contribution in [0.2, 0.25) is 0 Å². The largest absolute Gasteiger partial charge is 0.471 e. The van der Waals surface area contributed by atoms with Crippen LogP contribution in [0, 0.1) is 0 Å². The fourth-order valence-electron chi connectivity index (χ4n) is 4.53. The smallest absolute Gasteiger partial charge is 0.344 e. The van der Waals surface area contributed by atoms with Crippen LogP contribution in [0.1, 0.15) is 11.1 Å². The zero-order valence-corrected chi connectivity index (χ0v) is 19.1. The van der Waals surface area contributed by atoms with Crippen LogP contribution in [-0.2, 0) is 11.3 Å². The predicted molar refractivity (Wildman–Crippen MR) is 134 cm³/mol. The number of fused-ring (bicyclic) bond motifs is 2. The highest BCUT2D eigenvalue weighted by atomic mass is 19.4. The highest BCUT2D eigenvalue weighted by Crippen LogP contribution is 2.38. The van der Waals surface area contributed by atoms with Crippen LogP contribution in [0.4, 0.5) is 18.9 Å². The molecule has 0 bridgehead atoms. The third-order valence-electron chi connectivity index (χ3n) is 6.27. The van der Waals surface area contributed by atoms with Gasteiger partial charge in [0.25, 0.3) is 0 Å². The van der Waals surface area contributed by atoms with Gasteiger partial charge in [0.05, 0.1) is 22.4 Å². The lowest BCUT2D eigenvalue weighted by molar-refractivity contribution is -0.173. The molecule has 0 aliphatic carbocycles. The number of carbonyl (C=O) groups is 1. The molecule has 2 aromatic heterocycles. The van der Waals surface area contributed by atoms with Gasteiger partial charge < -0.3 is 14.9 Å². The molecule has 10 heteroatoms. The first kappa shape index (κ1) is 22.6. The molecule has 3 aromatic carbocycles. The molecule has 0 unspecified atom stereocenters. The van der Waals surface area contributed by atoms with E-state index in [4.69, 9.17) is 4.99 Å². The highest BCUT2D eigenvalue weighted by Gasteiger charge is 2.38. The number of nitrogens with one attached hydrogen (secondary N) is 2. The quantitative estimate of drug-likeness (QED) is 0.356. The summed E-state index contributed by atoms with van der Waals surface area (Å²) in [6.07, 6.45) is 0.214. The SMILES string of the molecule is O=C(NCc1ccn(-c2ccc(-c3cccc4c3N=Cc3cccc5[nH]c(=O)n-4c35)cc2)c1)C(F)(F)F. The number of imidazole rings is 1. The first-order valence-corrected chi connectivity index (χ1v) is 11.3. The molecule has 0 fully saturated rings. The van der Waals surface area contributed by atoms with Crippen LogP contribution in [-0.4, -0.2) is 32.4 Å². The summed E-state index contributed by atoms with van der Waals surface area (Å²) in [6, 6.07) is 20.5. The number of H-pyrrole nitrogens is 1. The average molecular weight is 501 g/mol. The minimum absolute atomic E-state index is 0.230. The van der Waals surface area contributed by atoms with E-state index >= 15 is 0 Å². The molecule has 0 saturated carbocycles. The van der Waals surface area contributed by atoms with E-state index < -0.39 is 12.1 Å². The van der Waals surface area contributed by atoms with Crippen molar-refractivity contribution in [3.63, 3.8) is 0 Å². The van der Waals surface area contributed by atoms with Crippen molar-refractivity contribution in [2.45, 2.75) is 12.7 Å². The van der Waals surface area contributed by atoms with Crippen molar-refractivity contribution in [2.75, 3.05) is 0 Å². The van der Waals surface area contributed by atoms with E-state index in [-0.39, 0.29) is 12.2 Å². The maximum absolute atomic E-state index is 12.8. The molecule has 5 aromatic rings. The van der Waals surface area contributed by atoms with Crippen LogP contribution >= 0.6 is 0 Å². The number of rotatable bonds is 4. The molecule has 3 heterocycles. The summed E-state index contributed by atoms with van der Waals surface area (Å²) in [6.45, 7) is -0.230. The fraction of sp³-hybridized carbons (Fsp3) is 0.0741. The highest BCUT2D eigenvalue weighted by molar-refractivity contribution is 6.02. The number of aromatic nitrogens is 3. The number of halogens is 3. The molecule has 2 N–H and O–H groups in total. The Morgan fingerprint density at radius 1 is 1.00 bits per heavy atom. The molecule has 0 spiro atoms. The van der Waals surface area contributed by atoms with E-state index in [9.17, 15) is 22.8 Å². The average Bonchev–Trinajstić information content (AvgIpc) is 3.44. The summed E-state index contributed by atoms with van der Waals surface area (Å²) in [7, 11) is 0. The third kappa shape index (κ3) is 3.92. The summed E-state index contributed by atoms with van der Waals surface area (Å²) in [5.41, 5.74) is 6.50. The molecule has 184 valence electrons. The summed E-state index contributed by atoms with van der Waals surface area (Å²) in [5, 5.41) is 1.87. The number of aromatic amines is 1. The first-order valence-electron chi connectivity index (χ1n) is 11.3. The molecule has 1 aliphatic rings. The molecule has 6 rings (SSSR count). The molecule has 0 atom stereocenters. The maximum Gasteiger partial charge on any atom is 0.471 e. The number of carbonyl (C=O) groups excluding carboxylic acids is 1. The number of para-hydroxylation sites is 2. The van der Waals surface area contributed by atoms with Crippen molar-refractivity contribution < 1.29 is 18.0 Å². The van der Waals surface area contributed by atoms with E-state index in [2.05, 4.69) is 4.98 Å². The summed E-state index contributed by atoms with van der Waals surface area (Å²) in [4.78, 5) is 31.5. The number of nitrogens with zero attached hydrogens (tertiary/aromatic N) is 3. The van der Waals surface area contributed by atoms with Crippen LogP contribution in [0.3, 0.4) is 0 Å². The Morgan fingerprint density at radius 3 is 2.57 bits per heavy atom. The van der Waals surface area contributed by atoms with Gasteiger partial charge in [0, 0.05) is 42.0 Å². The number of alkyl halides is 3. The molecule has 7 nitrogen and oxygen atoms in total. The first-order chi connectivity index (χ1) is 17.8. The van der Waals surface area contributed by atoms with Gasteiger partial charge >= 0.3 is 17.8 Å². The molecule has 0 radical (unpaired) electrons. The molecule has 1 aliphatic heterocycles. The van der Waals surface area contributed by atoms with Crippen LogP contribution < -0.4 is 11.0 Å². The zero-order valence-electron chi connectivity index (χ0n) is 19.1. The molecule has 0 saturated heterocycles. The van der Waals surface area contributed by atoms with Crippen molar-refractivity contribution in [3.05, 3.63) is 101 Å². The lowest BCUT2D eigenvalue weighted by atomic mass is 10.0. The normalized spacial score (nSPS) is 12.4. The summed E-state index contributed by atoms with van der Waals surface area (Å²) < 4.78 is 40.6. The minimum atomic E-state index is -4.91. The summed E-state index contributed by atoms with van der Waals surface area (Å²) in [5.74, 6) is -1.97. The maximum atomic E-state index is 12.8. The van der Waals surface area contributed by atoms with Crippen LogP contribution in [0.25, 0.3) is 33.5 Å². The van der Waals surface area contributed by atoms with Gasteiger partial charge in [-0.05, 0) is 41.5 Å². The van der Waals surface area contributed by atoms with Gasteiger partial charge in [0.2, 0.25) is 0 Å². The summed E-state index contributed by atoms with van der Waals surface area (Å²) >= 11 is 0. The van der Waals surface area contributed by atoms with E-state index in [1.807, 2.05) is 66.0 Å². The van der Waals surface area contributed by atoms with Gasteiger partial charge in [0.15, 0.2) is 0 Å². The molecule has 37 heavy (non-hydrogen) atoms. The lowest BCUT2D eigenvalue weighted by Gasteiger charge is -2.12. The lowest BCUT2D eigenvalue weighted by Crippen LogP contribution is -2.36. The van der Waals surface area contributed by atoms with Gasteiger partial charge in [-0.1, -0.05) is 36.4 Å². The van der Waals surface area contributed by atoms with Gasteiger partial charge in [-0.3, -0.25) is 14.4 Å². The van der Waals surface area contributed by atoms with Gasteiger partial charge in [-0.2, -0.15) is 13.2 Å². The Kier molecular flexibility index (Phi) is 5.11. The topological polar surface area (TPSA) is 84.2 Å². The predicted octanol–water partition coefficient (Wildman–Crippen LogP) is 5.02. The van der Waals surface area contributed by atoms with E-state index in [0.717, 1.165) is 33.4 Å². The Bertz CT molecular complexity index is 1760. The zero-order chi connectivity index (χ0) is 25.7. The van der Waals surface area contributed by atoms with E-state index in [1.165, 1.54) is 0 Å². The second-order valence-electron chi connectivity index (χ2n) is 8.59. The number of amides is 1. The van der Waals surface area contributed by atoms with Gasteiger partial charge in [0.1, 0.15) is 0 Å². The van der Waals surface area contributed by atoms with Crippen molar-refractivity contribution in [3.8, 4) is 22.5 Å². The molecule has 1 amide bonds. The second-order valence-corrected chi connectivity index (χ2v) is 8.59. The van der Waals surface area contributed by atoms with Crippen molar-refractivity contribution in [2.24, 2.45) is 4.99 Å². The Balaban J connectivity index is 1.31. The van der Waals surface area contributed by atoms with Crippen LogP contribution in [0.5, 0.6) is 0 Å². The molecular weight excluding hydrogens is 483 g/mol.